The second-order valence-electron chi connectivity index (χ2n) is 5.81. The molecule has 6 heteroatoms. The number of likely N-dealkylation sites (tertiary alicyclic amines) is 1. The molecule has 0 unspecified atom stereocenters. The van der Waals surface area contributed by atoms with Crippen molar-refractivity contribution in [2.24, 2.45) is 5.92 Å². The molecule has 0 spiro atoms. The third-order valence-corrected chi connectivity index (χ3v) is 4.89. The van der Waals surface area contributed by atoms with Crippen LogP contribution in [-0.2, 0) is 6.42 Å². The highest BCUT2D eigenvalue weighted by Crippen LogP contribution is 2.23. The average molecular weight is 316 g/mol. The van der Waals surface area contributed by atoms with Crippen molar-refractivity contribution in [1.29, 1.82) is 0 Å². The van der Waals surface area contributed by atoms with Crippen LogP contribution in [-0.4, -0.2) is 38.8 Å². The molecule has 0 N–H and O–H groups in total. The van der Waals surface area contributed by atoms with E-state index in [2.05, 4.69) is 15.0 Å². The van der Waals surface area contributed by atoms with E-state index in [0.717, 1.165) is 43.1 Å². The van der Waals surface area contributed by atoms with Gasteiger partial charge < -0.3 is 4.90 Å². The standard InChI is InChI=1S/C16H20N4OS/c1-11-14(9-18-12(2)19-11)16(21)20-6-3-4-13(10-20)8-15-17-5-7-22-15/h5,7,9,13H,3-4,6,8,10H2,1-2H3/t13-/m0/s1. The normalized spacial score (nSPS) is 18.5. The summed E-state index contributed by atoms with van der Waals surface area (Å²) in [5, 5.41) is 3.17. The van der Waals surface area contributed by atoms with Gasteiger partial charge in [0, 0.05) is 37.3 Å². The van der Waals surface area contributed by atoms with Crippen LogP contribution >= 0.6 is 11.3 Å². The Bertz CT molecular complexity index is 656. The third kappa shape index (κ3) is 3.32. The predicted molar refractivity (Wildman–Crippen MR) is 86.0 cm³/mol. The molecule has 1 amide bonds. The summed E-state index contributed by atoms with van der Waals surface area (Å²) in [5.74, 6) is 1.26. The number of piperidine rings is 1. The number of hydrogen-bond donors (Lipinski definition) is 0. The summed E-state index contributed by atoms with van der Waals surface area (Å²) in [7, 11) is 0. The van der Waals surface area contributed by atoms with E-state index in [0.29, 0.717) is 17.3 Å². The van der Waals surface area contributed by atoms with E-state index < -0.39 is 0 Å². The van der Waals surface area contributed by atoms with E-state index >= 15 is 0 Å². The number of thiazole rings is 1. The first-order valence-electron chi connectivity index (χ1n) is 7.61. The Morgan fingerprint density at radius 3 is 3.00 bits per heavy atom. The summed E-state index contributed by atoms with van der Waals surface area (Å²) in [6.45, 7) is 5.33. The third-order valence-electron chi connectivity index (χ3n) is 4.08. The highest BCUT2D eigenvalue weighted by molar-refractivity contribution is 7.09. The minimum absolute atomic E-state index is 0.0568. The van der Waals surface area contributed by atoms with Gasteiger partial charge in [0.25, 0.3) is 5.91 Å². The van der Waals surface area contributed by atoms with E-state index in [1.54, 1.807) is 17.5 Å². The zero-order chi connectivity index (χ0) is 15.5. The molecule has 0 saturated carbocycles. The molecule has 0 aliphatic carbocycles. The van der Waals surface area contributed by atoms with Crippen LogP contribution in [0.5, 0.6) is 0 Å². The molecule has 3 rings (SSSR count). The van der Waals surface area contributed by atoms with Crippen molar-refractivity contribution in [1.82, 2.24) is 19.9 Å². The first-order valence-corrected chi connectivity index (χ1v) is 8.49. The van der Waals surface area contributed by atoms with E-state index in [9.17, 15) is 4.79 Å². The number of aryl methyl sites for hydroxylation is 2. The molecule has 116 valence electrons. The maximum atomic E-state index is 12.7. The molecule has 1 saturated heterocycles. The summed E-state index contributed by atoms with van der Waals surface area (Å²) >= 11 is 1.69. The quantitative estimate of drug-likeness (QED) is 0.873. The van der Waals surface area contributed by atoms with E-state index in [1.165, 1.54) is 0 Å². The smallest absolute Gasteiger partial charge is 0.257 e. The van der Waals surface area contributed by atoms with Gasteiger partial charge in [0.2, 0.25) is 0 Å². The molecule has 3 heterocycles. The van der Waals surface area contributed by atoms with Gasteiger partial charge >= 0.3 is 0 Å². The topological polar surface area (TPSA) is 59.0 Å². The van der Waals surface area contributed by atoms with E-state index in [4.69, 9.17) is 0 Å². The van der Waals surface area contributed by atoms with Gasteiger partial charge in [-0.15, -0.1) is 11.3 Å². The second kappa shape index (κ2) is 6.52. The summed E-state index contributed by atoms with van der Waals surface area (Å²) < 4.78 is 0. The summed E-state index contributed by atoms with van der Waals surface area (Å²) in [4.78, 5) is 27.5. The maximum absolute atomic E-state index is 12.7. The Hall–Kier alpha value is -1.82. The van der Waals surface area contributed by atoms with Crippen LogP contribution in [0.15, 0.2) is 17.8 Å². The van der Waals surface area contributed by atoms with Gasteiger partial charge in [0.15, 0.2) is 0 Å². The second-order valence-corrected chi connectivity index (χ2v) is 6.78. The number of carbonyl (C=O) groups excluding carboxylic acids is 1. The van der Waals surface area contributed by atoms with Crippen molar-refractivity contribution < 1.29 is 4.79 Å². The zero-order valence-electron chi connectivity index (χ0n) is 13.0. The summed E-state index contributed by atoms with van der Waals surface area (Å²) in [6, 6.07) is 0. The fourth-order valence-corrected chi connectivity index (χ4v) is 3.71. The number of aromatic nitrogens is 3. The van der Waals surface area contributed by atoms with Crippen molar-refractivity contribution in [3.8, 4) is 0 Å². The van der Waals surface area contributed by atoms with Crippen molar-refractivity contribution in [3.05, 3.63) is 39.9 Å². The number of nitrogens with zero attached hydrogens (tertiary/aromatic N) is 4. The lowest BCUT2D eigenvalue weighted by atomic mass is 9.94. The Morgan fingerprint density at radius 2 is 2.27 bits per heavy atom. The van der Waals surface area contributed by atoms with Gasteiger partial charge in [-0.1, -0.05) is 0 Å². The largest absolute Gasteiger partial charge is 0.338 e. The van der Waals surface area contributed by atoms with Gasteiger partial charge in [-0.25, -0.2) is 15.0 Å². The molecule has 5 nitrogen and oxygen atoms in total. The SMILES string of the molecule is Cc1ncc(C(=O)N2CCC[C@@H](Cc3nccs3)C2)c(C)n1. The molecule has 1 atom stereocenters. The Morgan fingerprint density at radius 1 is 1.41 bits per heavy atom. The number of carbonyl (C=O) groups is 1. The first-order chi connectivity index (χ1) is 10.6. The molecule has 0 bridgehead atoms. The lowest BCUT2D eigenvalue weighted by Crippen LogP contribution is -2.41. The molecule has 2 aromatic heterocycles. The molecular weight excluding hydrogens is 296 g/mol. The molecule has 22 heavy (non-hydrogen) atoms. The average Bonchev–Trinajstić information content (AvgIpc) is 3.00. The van der Waals surface area contributed by atoms with Crippen LogP contribution in [0.3, 0.4) is 0 Å². The monoisotopic (exact) mass is 316 g/mol. The van der Waals surface area contributed by atoms with Crippen LogP contribution in [0.2, 0.25) is 0 Å². The Balaban J connectivity index is 1.69. The first kappa shape index (κ1) is 15.1. The molecule has 1 aliphatic heterocycles. The molecule has 0 radical (unpaired) electrons. The lowest BCUT2D eigenvalue weighted by Gasteiger charge is -2.32. The fourth-order valence-electron chi connectivity index (χ4n) is 2.98. The van der Waals surface area contributed by atoms with E-state index in [1.807, 2.05) is 30.3 Å². The highest BCUT2D eigenvalue weighted by Gasteiger charge is 2.26. The van der Waals surface area contributed by atoms with Crippen molar-refractivity contribution >= 4 is 17.2 Å². The minimum Gasteiger partial charge on any atom is -0.338 e. The number of rotatable bonds is 3. The number of amides is 1. The van der Waals surface area contributed by atoms with Gasteiger partial charge in [0.05, 0.1) is 16.3 Å². The predicted octanol–water partition coefficient (Wildman–Crippen LogP) is 2.64. The van der Waals surface area contributed by atoms with Gasteiger partial charge in [-0.2, -0.15) is 0 Å². The molecule has 1 aliphatic rings. The minimum atomic E-state index is 0.0568. The van der Waals surface area contributed by atoms with Crippen molar-refractivity contribution in [2.75, 3.05) is 13.1 Å². The maximum Gasteiger partial charge on any atom is 0.257 e. The van der Waals surface area contributed by atoms with Crippen molar-refractivity contribution in [3.63, 3.8) is 0 Å². The molecular formula is C16H20N4OS. The van der Waals surface area contributed by atoms with Crippen LogP contribution in [0.25, 0.3) is 0 Å². The van der Waals surface area contributed by atoms with Crippen molar-refractivity contribution in [2.45, 2.75) is 33.1 Å². The van der Waals surface area contributed by atoms with Gasteiger partial charge in [-0.05, 0) is 32.6 Å². The Labute approximate surface area is 134 Å². The number of hydrogen-bond acceptors (Lipinski definition) is 5. The highest BCUT2D eigenvalue weighted by atomic mass is 32.1. The molecule has 0 aromatic carbocycles. The lowest BCUT2D eigenvalue weighted by molar-refractivity contribution is 0.0671. The van der Waals surface area contributed by atoms with E-state index in [-0.39, 0.29) is 5.91 Å². The van der Waals surface area contributed by atoms with Crippen LogP contribution in [0.4, 0.5) is 0 Å². The van der Waals surface area contributed by atoms with Crippen LogP contribution in [0, 0.1) is 19.8 Å². The molecule has 2 aromatic rings. The summed E-state index contributed by atoms with van der Waals surface area (Å²) in [5.41, 5.74) is 1.39. The fraction of sp³-hybridized carbons (Fsp3) is 0.500. The molecule has 1 fully saturated rings. The van der Waals surface area contributed by atoms with Gasteiger partial charge in [0.1, 0.15) is 5.82 Å². The zero-order valence-corrected chi connectivity index (χ0v) is 13.8. The Kier molecular flexibility index (Phi) is 4.47. The summed E-state index contributed by atoms with van der Waals surface area (Å²) in [6.07, 6.45) is 6.67. The van der Waals surface area contributed by atoms with Gasteiger partial charge in [-0.3, -0.25) is 4.79 Å². The van der Waals surface area contributed by atoms with Crippen LogP contribution in [0.1, 0.15) is 39.7 Å². The van der Waals surface area contributed by atoms with Crippen LogP contribution < -0.4 is 0 Å².